The van der Waals surface area contributed by atoms with Gasteiger partial charge in [0.15, 0.2) is 0 Å². The second-order valence-electron chi connectivity index (χ2n) is 8.10. The number of hydrogen-bond acceptors (Lipinski definition) is 4. The van der Waals surface area contributed by atoms with E-state index in [1.165, 1.54) is 10.5 Å². The minimum atomic E-state index is -0.779. The van der Waals surface area contributed by atoms with Crippen LogP contribution in [0.15, 0.2) is 76.5 Å². The Morgan fingerprint density at radius 2 is 1.85 bits per heavy atom. The van der Waals surface area contributed by atoms with E-state index in [0.717, 1.165) is 40.4 Å². The summed E-state index contributed by atoms with van der Waals surface area (Å²) in [5.74, 6) is 0.914. The zero-order valence-corrected chi connectivity index (χ0v) is 20.4. The van der Waals surface area contributed by atoms with Crippen LogP contribution >= 0.6 is 11.8 Å². The van der Waals surface area contributed by atoms with Crippen molar-refractivity contribution in [3.8, 4) is 11.5 Å². The summed E-state index contributed by atoms with van der Waals surface area (Å²) in [5, 5.41) is 8.87. The van der Waals surface area contributed by atoms with Crippen molar-refractivity contribution in [3.63, 3.8) is 0 Å². The van der Waals surface area contributed by atoms with Gasteiger partial charge in [0.25, 0.3) is 0 Å². The average Bonchev–Trinajstić information content (AvgIpc) is 2.80. The number of benzene rings is 3. The predicted octanol–water partition coefficient (Wildman–Crippen LogP) is 6.96. The number of carboxylic acid groups (broad SMARTS) is 1. The van der Waals surface area contributed by atoms with E-state index in [2.05, 4.69) is 44.2 Å². The van der Waals surface area contributed by atoms with E-state index >= 15 is 0 Å². The molecule has 0 saturated heterocycles. The number of rotatable bonds is 12. The van der Waals surface area contributed by atoms with Gasteiger partial charge in [0, 0.05) is 17.7 Å². The van der Waals surface area contributed by atoms with Gasteiger partial charge in [-0.05, 0) is 79.8 Å². The Kier molecular flexibility index (Phi) is 9.25. The smallest absolute Gasteiger partial charge is 0.303 e. The van der Waals surface area contributed by atoms with Crippen LogP contribution in [0.1, 0.15) is 43.4 Å². The summed E-state index contributed by atoms with van der Waals surface area (Å²) >= 11 is 1.72. The maximum atomic E-state index is 10.8. The summed E-state index contributed by atoms with van der Waals surface area (Å²) in [6.45, 7) is 6.76. The van der Waals surface area contributed by atoms with Gasteiger partial charge >= 0.3 is 5.97 Å². The molecule has 0 aromatic heterocycles. The molecule has 0 saturated carbocycles. The minimum absolute atomic E-state index is 0.00327. The van der Waals surface area contributed by atoms with Gasteiger partial charge in [-0.1, -0.05) is 49.0 Å². The molecule has 33 heavy (non-hydrogen) atoms. The first kappa shape index (κ1) is 24.7. The molecule has 0 aliphatic heterocycles. The van der Waals surface area contributed by atoms with Crippen molar-refractivity contribution in [2.24, 2.45) is 0 Å². The number of carboxylic acids is 1. The minimum Gasteiger partial charge on any atom is -0.493 e. The van der Waals surface area contributed by atoms with Crippen LogP contribution in [0.3, 0.4) is 0 Å². The van der Waals surface area contributed by atoms with Crippen molar-refractivity contribution in [2.45, 2.75) is 62.3 Å². The SMILES string of the molecule is CCc1ccc(O[C@@H](C)CCOc2ccc(CCC(=O)O)c(C)c2)c(Sc2ccccc2)c1. The third kappa shape index (κ3) is 7.86. The largest absolute Gasteiger partial charge is 0.493 e. The molecule has 3 aromatic carbocycles. The monoisotopic (exact) mass is 464 g/mol. The fraction of sp³-hybridized carbons (Fsp3) is 0.321. The second-order valence-corrected chi connectivity index (χ2v) is 9.21. The zero-order chi connectivity index (χ0) is 23.6. The maximum absolute atomic E-state index is 10.8. The van der Waals surface area contributed by atoms with E-state index in [0.29, 0.717) is 13.0 Å². The van der Waals surface area contributed by atoms with Crippen molar-refractivity contribution in [1.82, 2.24) is 0 Å². The van der Waals surface area contributed by atoms with Crippen molar-refractivity contribution in [3.05, 3.63) is 83.4 Å². The van der Waals surface area contributed by atoms with Crippen LogP contribution in [0.2, 0.25) is 0 Å². The van der Waals surface area contributed by atoms with E-state index in [1.807, 2.05) is 43.3 Å². The first-order valence-corrected chi connectivity index (χ1v) is 12.2. The van der Waals surface area contributed by atoms with Gasteiger partial charge in [0.1, 0.15) is 11.5 Å². The summed E-state index contributed by atoms with van der Waals surface area (Å²) in [7, 11) is 0. The first-order chi connectivity index (χ1) is 15.9. The molecule has 0 aliphatic carbocycles. The van der Waals surface area contributed by atoms with E-state index in [-0.39, 0.29) is 12.5 Å². The van der Waals surface area contributed by atoms with E-state index in [4.69, 9.17) is 14.6 Å². The number of carbonyl (C=O) groups is 1. The lowest BCUT2D eigenvalue weighted by Crippen LogP contribution is -2.16. The molecule has 1 N–H and O–H groups in total. The normalized spacial score (nSPS) is 11.7. The topological polar surface area (TPSA) is 55.8 Å². The van der Waals surface area contributed by atoms with Gasteiger partial charge in [-0.15, -0.1) is 0 Å². The molecule has 0 heterocycles. The quantitative estimate of drug-likeness (QED) is 0.314. The summed E-state index contributed by atoms with van der Waals surface area (Å²) in [6.07, 6.45) is 2.42. The standard InChI is InChI=1S/C28H32O4S/c1-4-22-10-14-26(27(19-22)33-25-8-6-5-7-9-25)32-21(3)16-17-31-24-13-11-23(20(2)18-24)12-15-28(29)30/h5-11,13-14,18-19,21H,4,12,15-17H2,1-3H3,(H,29,30)/t21-/m0/s1. The molecule has 0 amide bonds. The fourth-order valence-electron chi connectivity index (χ4n) is 3.46. The second kappa shape index (κ2) is 12.4. The molecule has 4 nitrogen and oxygen atoms in total. The number of aryl methyl sites for hydroxylation is 3. The Balaban J connectivity index is 1.56. The molecular formula is C28H32O4S. The molecule has 0 spiro atoms. The molecule has 0 fully saturated rings. The van der Waals surface area contributed by atoms with Crippen LogP contribution in [0.5, 0.6) is 11.5 Å². The molecule has 3 aromatic rings. The highest BCUT2D eigenvalue weighted by Crippen LogP contribution is 2.36. The Bertz CT molecular complexity index is 1050. The van der Waals surface area contributed by atoms with Crippen LogP contribution < -0.4 is 9.47 Å². The molecule has 1 atom stereocenters. The first-order valence-electron chi connectivity index (χ1n) is 11.4. The molecule has 0 aliphatic rings. The highest BCUT2D eigenvalue weighted by Gasteiger charge is 2.12. The van der Waals surface area contributed by atoms with Crippen molar-refractivity contribution >= 4 is 17.7 Å². The van der Waals surface area contributed by atoms with Gasteiger partial charge < -0.3 is 14.6 Å². The molecule has 174 valence electrons. The van der Waals surface area contributed by atoms with Crippen LogP contribution in [-0.4, -0.2) is 23.8 Å². The maximum Gasteiger partial charge on any atom is 0.303 e. The van der Waals surface area contributed by atoms with Crippen LogP contribution in [0, 0.1) is 6.92 Å². The Morgan fingerprint density at radius 1 is 1.06 bits per heavy atom. The molecule has 0 unspecified atom stereocenters. The lowest BCUT2D eigenvalue weighted by atomic mass is 10.0. The molecule has 3 rings (SSSR count). The van der Waals surface area contributed by atoms with Gasteiger partial charge in [-0.25, -0.2) is 0 Å². The van der Waals surface area contributed by atoms with E-state index in [9.17, 15) is 4.79 Å². The van der Waals surface area contributed by atoms with Gasteiger partial charge in [-0.2, -0.15) is 0 Å². The molecule has 0 bridgehead atoms. The Morgan fingerprint density at radius 3 is 2.55 bits per heavy atom. The highest BCUT2D eigenvalue weighted by molar-refractivity contribution is 7.99. The number of aliphatic carboxylic acids is 1. The van der Waals surface area contributed by atoms with Gasteiger partial charge in [0.05, 0.1) is 17.6 Å². The lowest BCUT2D eigenvalue weighted by molar-refractivity contribution is -0.136. The van der Waals surface area contributed by atoms with Crippen molar-refractivity contribution in [2.75, 3.05) is 6.61 Å². The Labute approximate surface area is 201 Å². The van der Waals surface area contributed by atoms with Gasteiger partial charge in [-0.3, -0.25) is 4.79 Å². The third-order valence-electron chi connectivity index (χ3n) is 5.43. The molecule has 5 heteroatoms. The summed E-state index contributed by atoms with van der Waals surface area (Å²) in [4.78, 5) is 13.1. The predicted molar refractivity (Wildman–Crippen MR) is 134 cm³/mol. The number of ether oxygens (including phenoxy) is 2. The van der Waals surface area contributed by atoms with Crippen molar-refractivity contribution < 1.29 is 19.4 Å². The lowest BCUT2D eigenvalue weighted by Gasteiger charge is -2.18. The van der Waals surface area contributed by atoms with Crippen LogP contribution in [0.25, 0.3) is 0 Å². The van der Waals surface area contributed by atoms with Gasteiger partial charge in [0.2, 0.25) is 0 Å². The summed E-state index contributed by atoms with van der Waals surface area (Å²) < 4.78 is 12.2. The Hall–Kier alpha value is -2.92. The number of hydrogen-bond donors (Lipinski definition) is 1. The highest BCUT2D eigenvalue weighted by atomic mass is 32.2. The van der Waals surface area contributed by atoms with E-state index in [1.54, 1.807) is 11.8 Å². The molecule has 0 radical (unpaired) electrons. The summed E-state index contributed by atoms with van der Waals surface area (Å²) in [6, 6.07) is 22.6. The van der Waals surface area contributed by atoms with Crippen molar-refractivity contribution in [1.29, 1.82) is 0 Å². The third-order valence-corrected chi connectivity index (χ3v) is 6.48. The average molecular weight is 465 g/mol. The van der Waals surface area contributed by atoms with Crippen LogP contribution in [-0.2, 0) is 17.6 Å². The summed E-state index contributed by atoms with van der Waals surface area (Å²) in [5.41, 5.74) is 3.39. The van der Waals surface area contributed by atoms with E-state index < -0.39 is 5.97 Å². The zero-order valence-electron chi connectivity index (χ0n) is 19.5. The van der Waals surface area contributed by atoms with Crippen LogP contribution in [0.4, 0.5) is 0 Å². The fourth-order valence-corrected chi connectivity index (χ4v) is 4.44. The molecular weight excluding hydrogens is 432 g/mol.